The highest BCUT2D eigenvalue weighted by Crippen LogP contribution is 2.38. The molecule has 0 saturated carbocycles. The minimum atomic E-state index is -4.64. The largest absolute Gasteiger partial charge is 0.421 e. The number of nitrogens with one attached hydrogen (secondary N) is 3. The summed E-state index contributed by atoms with van der Waals surface area (Å²) in [5.74, 6) is -0.529. The molecule has 0 unspecified atom stereocenters. The van der Waals surface area contributed by atoms with Crippen LogP contribution in [0.4, 0.5) is 36.3 Å². The molecule has 1 fully saturated rings. The van der Waals surface area contributed by atoms with Gasteiger partial charge in [0.05, 0.1) is 12.7 Å². The first-order chi connectivity index (χ1) is 14.5. The normalized spacial score (nSPS) is 16.6. The lowest BCUT2D eigenvalue weighted by Crippen LogP contribution is -2.52. The molecule has 2 aliphatic rings. The van der Waals surface area contributed by atoms with Crippen LogP contribution in [0.15, 0.2) is 24.4 Å². The number of anilines is 4. The van der Waals surface area contributed by atoms with Crippen LogP contribution in [0.1, 0.15) is 11.1 Å². The van der Waals surface area contributed by atoms with E-state index in [0.717, 1.165) is 18.0 Å². The summed E-state index contributed by atoms with van der Waals surface area (Å²) in [5, 5.41) is 5.58. The molecule has 0 radical (unpaired) electrons. The number of halogens is 3. The number of sulfonamides is 1. The van der Waals surface area contributed by atoms with Crippen molar-refractivity contribution in [3.63, 3.8) is 0 Å². The number of hydrogen-bond acceptors (Lipinski definition) is 7. The SMILES string of the molecule is CS(=O)(=O)NCC1CN(c2nc(Nc3ccc4c(c3)CC(=O)N4)ncc2C(F)(F)F)C1. The lowest BCUT2D eigenvalue weighted by atomic mass is 10.00. The minimum absolute atomic E-state index is 0.0158. The van der Waals surface area contributed by atoms with Gasteiger partial charge >= 0.3 is 6.18 Å². The van der Waals surface area contributed by atoms with E-state index < -0.39 is 21.8 Å². The van der Waals surface area contributed by atoms with Gasteiger partial charge < -0.3 is 15.5 Å². The summed E-state index contributed by atoms with van der Waals surface area (Å²) in [5.41, 5.74) is 1.04. The van der Waals surface area contributed by atoms with Crippen molar-refractivity contribution in [2.24, 2.45) is 5.92 Å². The van der Waals surface area contributed by atoms with Crippen molar-refractivity contribution in [1.29, 1.82) is 0 Å². The maximum atomic E-state index is 13.5. The number of benzene rings is 1. The van der Waals surface area contributed by atoms with Gasteiger partial charge in [0, 0.05) is 43.1 Å². The van der Waals surface area contributed by atoms with Crippen LogP contribution in [-0.4, -0.2) is 50.2 Å². The van der Waals surface area contributed by atoms with Crippen molar-refractivity contribution in [3.05, 3.63) is 35.5 Å². The van der Waals surface area contributed by atoms with Crippen LogP contribution in [0.5, 0.6) is 0 Å². The number of amides is 1. The van der Waals surface area contributed by atoms with Crippen molar-refractivity contribution in [2.45, 2.75) is 12.6 Å². The van der Waals surface area contributed by atoms with Crippen LogP contribution in [-0.2, 0) is 27.4 Å². The first kappa shape index (κ1) is 21.3. The molecule has 9 nitrogen and oxygen atoms in total. The van der Waals surface area contributed by atoms with E-state index in [1.54, 1.807) is 18.2 Å². The molecular formula is C18H19F3N6O3S. The second-order valence-electron chi connectivity index (χ2n) is 7.54. The lowest BCUT2D eigenvalue weighted by Gasteiger charge is -2.41. The first-order valence-corrected chi connectivity index (χ1v) is 11.2. The van der Waals surface area contributed by atoms with Gasteiger partial charge in [-0.05, 0) is 23.8 Å². The Labute approximate surface area is 176 Å². The molecule has 4 rings (SSSR count). The molecule has 13 heteroatoms. The zero-order valence-electron chi connectivity index (χ0n) is 16.3. The molecule has 0 spiro atoms. The van der Waals surface area contributed by atoms with Crippen molar-refractivity contribution >= 4 is 39.1 Å². The first-order valence-electron chi connectivity index (χ1n) is 9.31. The predicted octanol–water partition coefficient (Wildman–Crippen LogP) is 1.72. The number of fused-ring (bicyclic) bond motifs is 1. The molecule has 1 aromatic carbocycles. The molecule has 2 aromatic rings. The number of nitrogens with zero attached hydrogens (tertiary/aromatic N) is 3. The van der Waals surface area contributed by atoms with Crippen LogP contribution in [0.25, 0.3) is 0 Å². The fourth-order valence-corrected chi connectivity index (χ4v) is 3.99. The maximum absolute atomic E-state index is 13.5. The Kier molecular flexibility index (Phi) is 5.25. The highest BCUT2D eigenvalue weighted by Gasteiger charge is 2.40. The maximum Gasteiger partial charge on any atom is 0.421 e. The minimum Gasteiger partial charge on any atom is -0.355 e. The molecule has 0 aliphatic carbocycles. The molecule has 3 N–H and O–H groups in total. The Morgan fingerprint density at radius 3 is 2.71 bits per heavy atom. The average molecular weight is 456 g/mol. The van der Waals surface area contributed by atoms with Gasteiger partial charge in [-0.25, -0.2) is 18.1 Å². The summed E-state index contributed by atoms with van der Waals surface area (Å²) in [6.45, 7) is 0.609. The van der Waals surface area contributed by atoms with E-state index in [4.69, 9.17) is 0 Å². The van der Waals surface area contributed by atoms with Crippen molar-refractivity contribution in [3.8, 4) is 0 Å². The summed E-state index contributed by atoms with van der Waals surface area (Å²) in [4.78, 5) is 20.8. The van der Waals surface area contributed by atoms with E-state index >= 15 is 0 Å². The third-order valence-corrected chi connectivity index (χ3v) is 5.64. The Balaban J connectivity index is 1.52. The third kappa shape index (κ3) is 4.88. The molecule has 166 valence electrons. The smallest absolute Gasteiger partial charge is 0.355 e. The molecule has 1 aromatic heterocycles. The van der Waals surface area contributed by atoms with Gasteiger partial charge in [0.25, 0.3) is 0 Å². The second-order valence-corrected chi connectivity index (χ2v) is 9.38. The van der Waals surface area contributed by atoms with Crippen LogP contribution < -0.4 is 20.3 Å². The molecule has 1 saturated heterocycles. The molecule has 31 heavy (non-hydrogen) atoms. The molecule has 0 bridgehead atoms. The van der Waals surface area contributed by atoms with Crippen molar-refractivity contribution in [2.75, 3.05) is 41.4 Å². The highest BCUT2D eigenvalue weighted by atomic mass is 32.2. The van der Waals surface area contributed by atoms with Crippen LogP contribution in [0, 0.1) is 5.92 Å². The Hall–Kier alpha value is -2.93. The van der Waals surface area contributed by atoms with Crippen LogP contribution in [0.3, 0.4) is 0 Å². The highest BCUT2D eigenvalue weighted by molar-refractivity contribution is 7.88. The standard InChI is InChI=1S/C18H19F3N6O3S/c1-31(29,30)23-6-10-8-27(9-10)16-13(18(19,20)21)7-22-17(26-16)24-12-2-3-14-11(4-12)5-15(28)25-14/h2-4,7,10,23H,5-6,8-9H2,1H3,(H,25,28)(H,22,24,26). The fraction of sp³-hybridized carbons (Fsp3) is 0.389. The lowest BCUT2D eigenvalue weighted by molar-refractivity contribution is -0.137. The van der Waals surface area contributed by atoms with E-state index in [1.165, 1.54) is 4.90 Å². The van der Waals surface area contributed by atoms with Crippen molar-refractivity contribution < 1.29 is 26.4 Å². The van der Waals surface area contributed by atoms with E-state index in [9.17, 15) is 26.4 Å². The molecule has 0 atom stereocenters. The van der Waals surface area contributed by atoms with Gasteiger partial charge in [-0.3, -0.25) is 4.79 Å². The van der Waals surface area contributed by atoms with E-state index in [-0.39, 0.29) is 49.6 Å². The summed E-state index contributed by atoms with van der Waals surface area (Å²) >= 11 is 0. The Morgan fingerprint density at radius 2 is 2.03 bits per heavy atom. The van der Waals surface area contributed by atoms with E-state index in [2.05, 4.69) is 25.3 Å². The molecule has 3 heterocycles. The number of aromatic nitrogens is 2. The topological polar surface area (TPSA) is 116 Å². The van der Waals surface area contributed by atoms with Crippen molar-refractivity contribution in [1.82, 2.24) is 14.7 Å². The van der Waals surface area contributed by atoms with Gasteiger partial charge in [-0.15, -0.1) is 0 Å². The summed E-state index contributed by atoms with van der Waals surface area (Å²) in [6, 6.07) is 5.08. The predicted molar refractivity (Wildman–Crippen MR) is 108 cm³/mol. The molecule has 2 aliphatic heterocycles. The number of rotatable bonds is 6. The summed E-state index contributed by atoms with van der Waals surface area (Å²) in [6.07, 6.45) is -2.66. The molecule has 1 amide bonds. The summed E-state index contributed by atoms with van der Waals surface area (Å²) < 4.78 is 65.1. The Morgan fingerprint density at radius 1 is 1.29 bits per heavy atom. The number of carbonyl (C=O) groups is 1. The number of carbonyl (C=O) groups excluding carboxylic acids is 1. The third-order valence-electron chi connectivity index (χ3n) is 4.95. The zero-order valence-corrected chi connectivity index (χ0v) is 17.1. The Bertz CT molecular complexity index is 1130. The fourth-order valence-electron chi connectivity index (χ4n) is 3.45. The van der Waals surface area contributed by atoms with Crippen LogP contribution >= 0.6 is 0 Å². The van der Waals surface area contributed by atoms with E-state index in [0.29, 0.717) is 11.4 Å². The number of hydrogen-bond donors (Lipinski definition) is 3. The van der Waals surface area contributed by atoms with E-state index in [1.807, 2.05) is 0 Å². The second kappa shape index (κ2) is 7.64. The van der Waals surface area contributed by atoms with Gasteiger partial charge in [-0.2, -0.15) is 18.2 Å². The van der Waals surface area contributed by atoms with Crippen LogP contribution in [0.2, 0.25) is 0 Å². The zero-order chi connectivity index (χ0) is 22.4. The monoisotopic (exact) mass is 456 g/mol. The molecular weight excluding hydrogens is 437 g/mol. The van der Waals surface area contributed by atoms with Gasteiger partial charge in [0.2, 0.25) is 21.9 Å². The van der Waals surface area contributed by atoms with Gasteiger partial charge in [0.1, 0.15) is 11.4 Å². The summed E-state index contributed by atoms with van der Waals surface area (Å²) in [7, 11) is -3.37. The quantitative estimate of drug-likeness (QED) is 0.606. The van der Waals surface area contributed by atoms with Gasteiger partial charge in [-0.1, -0.05) is 0 Å². The average Bonchev–Trinajstić information content (AvgIpc) is 2.98. The number of alkyl halides is 3. The van der Waals surface area contributed by atoms with Gasteiger partial charge in [0.15, 0.2) is 0 Å².